The molecule has 0 unspecified atom stereocenters. The summed E-state index contributed by atoms with van der Waals surface area (Å²) < 4.78 is 57.7. The van der Waals surface area contributed by atoms with Crippen molar-refractivity contribution in [3.05, 3.63) is 140 Å². The molecule has 6 aromatic rings. The molecule has 2 aliphatic heterocycles. The third kappa shape index (κ3) is 23.3. The summed E-state index contributed by atoms with van der Waals surface area (Å²) in [6.07, 6.45) is 9.72. The summed E-state index contributed by atoms with van der Waals surface area (Å²) in [4.78, 5) is 18.0. The molecule has 2 aliphatic rings. The molecule has 0 bridgehead atoms. The van der Waals surface area contributed by atoms with Crippen molar-refractivity contribution in [2.75, 3.05) is 75.6 Å². The molecule has 0 spiro atoms. The van der Waals surface area contributed by atoms with Crippen LogP contribution >= 0.6 is 30.3 Å². The summed E-state index contributed by atoms with van der Waals surface area (Å²) >= 11 is 3.10. The van der Waals surface area contributed by atoms with Crippen molar-refractivity contribution in [1.29, 1.82) is 0 Å². The summed E-state index contributed by atoms with van der Waals surface area (Å²) in [6, 6.07) is 32.7. The maximum absolute atomic E-state index is 12.4. The van der Waals surface area contributed by atoms with E-state index in [-0.39, 0.29) is 57.5 Å². The molecule has 4 aromatic carbocycles. The number of rotatable bonds is 25. The molecule has 0 amide bonds. The van der Waals surface area contributed by atoms with Gasteiger partial charge in [-0.1, -0.05) is 109 Å². The van der Waals surface area contributed by atoms with Crippen LogP contribution in [0.3, 0.4) is 0 Å². The molecule has 424 valence electrons. The van der Waals surface area contributed by atoms with Gasteiger partial charge in [0.25, 0.3) is 0 Å². The molecule has 79 heavy (non-hydrogen) atoms. The van der Waals surface area contributed by atoms with Crippen molar-refractivity contribution in [3.63, 3.8) is 0 Å². The average molecular weight is 1170 g/mol. The number of fused-ring (bicyclic) bond motifs is 2. The van der Waals surface area contributed by atoms with Gasteiger partial charge < -0.3 is 52.4 Å². The SMILES string of the molecule is CC(C)(C)[O-].CCCN(CCC)c1ccc(/C=C/c2scc3c2OCCO3)c(OCc2ccccc2)c1.CCCN(CCC)c1ccc(C=O)c(OCc2ccccc2)c1.CCOP(=O)(Cc1scc2c1OCCO2)OCC.[K+]. The third-order valence-electron chi connectivity index (χ3n) is 11.4. The van der Waals surface area contributed by atoms with Gasteiger partial charge >= 0.3 is 59.0 Å². The Balaban J connectivity index is 0.000000252. The zero-order valence-corrected chi connectivity index (χ0v) is 53.9. The van der Waals surface area contributed by atoms with Crippen LogP contribution in [0, 0.1) is 0 Å². The van der Waals surface area contributed by atoms with Gasteiger partial charge in [0.1, 0.15) is 51.1 Å². The van der Waals surface area contributed by atoms with Crippen LogP contribution in [0.2, 0.25) is 0 Å². The van der Waals surface area contributed by atoms with E-state index in [0.29, 0.717) is 69.9 Å². The standard InChI is InChI=1S/C27H31NO3S.C20H25NO2.C11H17O5PS.C4H9O.K/c1-3-14-28(15-4-2)23-12-10-22(24(18-23)31-19-21-8-6-5-7-9-21)11-13-26-27-25(20-32-26)29-16-17-30-27;1-3-12-21(13-4-2)19-11-10-18(15-22)20(14-19)23-16-17-8-6-5-7-9-17;1-3-15-17(12,16-4-2)7-10-11-9(8-18-10)13-5-6-14-11;1-4(2,3)5;/h5-13,18,20H,3-4,14-17,19H2,1-2H3;5-11,14-15H,3-4,12-13,16H2,1-2H3;8H,3-7H2,1-2H3;1-3H3;/q;;;-1;+1/b13-11+;;;;. The van der Waals surface area contributed by atoms with Gasteiger partial charge in [0.15, 0.2) is 29.3 Å². The van der Waals surface area contributed by atoms with E-state index in [1.54, 1.807) is 46.0 Å². The minimum Gasteiger partial charge on any atom is -0.850 e. The first-order valence-corrected chi connectivity index (χ1v) is 30.8. The Bertz CT molecular complexity index is 2720. The number of nitrogens with zero attached hydrogens (tertiary/aromatic N) is 2. The monoisotopic (exact) mass is 1160 g/mol. The maximum atomic E-state index is 12.4. The van der Waals surface area contributed by atoms with E-state index in [0.717, 1.165) is 113 Å². The number of hydrogen-bond donors (Lipinski definition) is 0. The van der Waals surface area contributed by atoms with Crippen LogP contribution in [0.4, 0.5) is 11.4 Å². The molecule has 0 atom stereocenters. The minimum absolute atomic E-state index is 0. The second-order valence-corrected chi connectivity index (χ2v) is 23.1. The predicted octanol–water partition coefficient (Wildman–Crippen LogP) is 12.0. The molecule has 0 N–H and O–H groups in total. The number of anilines is 2. The van der Waals surface area contributed by atoms with Crippen molar-refractivity contribution in [3.8, 4) is 34.5 Å². The number of aldehydes is 1. The van der Waals surface area contributed by atoms with E-state index < -0.39 is 13.2 Å². The molecule has 17 heteroatoms. The van der Waals surface area contributed by atoms with Crippen molar-refractivity contribution in [2.24, 2.45) is 0 Å². The summed E-state index contributed by atoms with van der Waals surface area (Å²) in [7, 11) is -3.08. The second kappa shape index (κ2) is 36.3. The quantitative estimate of drug-likeness (QED) is 0.0306. The van der Waals surface area contributed by atoms with E-state index in [9.17, 15) is 14.5 Å². The van der Waals surface area contributed by atoms with Crippen molar-refractivity contribution < 1.29 is 103 Å². The fourth-order valence-corrected chi connectivity index (χ4v) is 11.9. The molecule has 4 heterocycles. The molecule has 0 radical (unpaired) electrons. The Hall–Kier alpha value is -4.16. The average Bonchev–Trinajstić information content (AvgIpc) is 4.06. The van der Waals surface area contributed by atoms with Crippen LogP contribution in [-0.4, -0.2) is 77.7 Å². The first kappa shape index (κ1) is 67.3. The van der Waals surface area contributed by atoms with Gasteiger partial charge in [-0.25, -0.2) is 0 Å². The fourth-order valence-electron chi connectivity index (χ4n) is 8.10. The molecule has 0 fully saturated rings. The Morgan fingerprint density at radius 2 is 1.03 bits per heavy atom. The van der Waals surface area contributed by atoms with Crippen LogP contribution < -0.4 is 94.7 Å². The number of carbonyl (C=O) groups excluding carboxylic acids is 1. The van der Waals surface area contributed by atoms with Crippen molar-refractivity contribution in [1.82, 2.24) is 0 Å². The van der Waals surface area contributed by atoms with Crippen molar-refractivity contribution >= 4 is 60.1 Å². The van der Waals surface area contributed by atoms with Crippen LogP contribution in [0.25, 0.3) is 12.2 Å². The van der Waals surface area contributed by atoms with Crippen molar-refractivity contribution in [2.45, 2.75) is 113 Å². The van der Waals surface area contributed by atoms with Crippen LogP contribution in [0.5, 0.6) is 34.5 Å². The van der Waals surface area contributed by atoms with Gasteiger partial charge in [0, 0.05) is 66.0 Å². The summed E-state index contributed by atoms with van der Waals surface area (Å²) in [5.41, 5.74) is 5.47. The summed E-state index contributed by atoms with van der Waals surface area (Å²) in [6.45, 7) is 25.4. The van der Waals surface area contributed by atoms with Gasteiger partial charge in [0.05, 0.1) is 34.7 Å². The fraction of sp³-hybridized carbons (Fsp3) is 0.435. The topological polar surface area (TPSA) is 138 Å². The van der Waals surface area contributed by atoms with E-state index in [2.05, 4.69) is 80.0 Å². The molecule has 8 rings (SSSR count). The largest absolute Gasteiger partial charge is 1.00 e. The third-order valence-corrected chi connectivity index (χ3v) is 15.5. The maximum Gasteiger partial charge on any atom is 1.00 e. The van der Waals surface area contributed by atoms with Gasteiger partial charge in [0.2, 0.25) is 0 Å². The van der Waals surface area contributed by atoms with E-state index in [1.807, 2.05) is 77.5 Å². The molecular weight excluding hydrogens is 1080 g/mol. The molecule has 0 saturated carbocycles. The number of carbonyl (C=O) groups is 1. The van der Waals surface area contributed by atoms with Crippen LogP contribution in [0.1, 0.15) is 125 Å². The zero-order valence-electron chi connectivity index (χ0n) is 48.3. The molecule has 13 nitrogen and oxygen atoms in total. The van der Waals surface area contributed by atoms with E-state index in [1.165, 1.54) is 17.0 Å². The Morgan fingerprint density at radius 1 is 0.595 bits per heavy atom. The zero-order chi connectivity index (χ0) is 56.2. The first-order chi connectivity index (χ1) is 37.7. The number of benzene rings is 4. The smallest absolute Gasteiger partial charge is 0.850 e. The molecule has 2 aromatic heterocycles. The van der Waals surface area contributed by atoms with Gasteiger partial charge in [-0.3, -0.25) is 9.36 Å². The predicted molar refractivity (Wildman–Crippen MR) is 319 cm³/mol. The van der Waals surface area contributed by atoms with Gasteiger partial charge in [-0.2, -0.15) is 0 Å². The summed E-state index contributed by atoms with van der Waals surface area (Å²) in [5, 5.41) is 14.0. The van der Waals surface area contributed by atoms with Gasteiger partial charge in [-0.05, 0) is 87.1 Å². The Labute approximate surface area is 521 Å². The van der Waals surface area contributed by atoms with E-state index >= 15 is 0 Å². The number of hydrogen-bond acceptors (Lipinski definition) is 15. The molecule has 0 aliphatic carbocycles. The first-order valence-electron chi connectivity index (χ1n) is 27.3. The summed E-state index contributed by atoms with van der Waals surface area (Å²) in [5.74, 6) is 4.64. The van der Waals surface area contributed by atoms with Crippen LogP contribution in [0.15, 0.2) is 108 Å². The second-order valence-electron chi connectivity index (χ2n) is 19.2. The van der Waals surface area contributed by atoms with Crippen LogP contribution in [-0.2, 0) is 33.0 Å². The molecular formula is C62H82KN2O11PS2. The number of ether oxygens (including phenoxy) is 6. The Morgan fingerprint density at radius 3 is 1.49 bits per heavy atom. The Kier molecular flexibility index (Phi) is 31.0. The van der Waals surface area contributed by atoms with Gasteiger partial charge in [-0.15, -0.1) is 28.3 Å². The molecule has 0 saturated heterocycles. The normalized spacial score (nSPS) is 12.3. The number of thiophene rings is 2. The van der Waals surface area contributed by atoms with E-state index in [4.69, 9.17) is 37.5 Å². The minimum atomic E-state index is -3.08.